The van der Waals surface area contributed by atoms with Crippen molar-refractivity contribution >= 4 is 43.1 Å². The van der Waals surface area contributed by atoms with Gasteiger partial charge in [0, 0.05) is 26.7 Å². The second-order valence-corrected chi connectivity index (χ2v) is 6.85. The Bertz CT molecular complexity index is 1100. The zero-order chi connectivity index (χ0) is 18.1. The molecular weight excluding hydrogens is 346 g/mol. The van der Waals surface area contributed by atoms with Gasteiger partial charge in [-0.2, -0.15) is 0 Å². The highest BCUT2D eigenvalue weighted by molar-refractivity contribution is 7.26. The summed E-state index contributed by atoms with van der Waals surface area (Å²) >= 11 is 1.63. The Hall–Kier alpha value is -3.05. The predicted octanol–water partition coefficient (Wildman–Crippen LogP) is 5.32. The number of carbonyl (C=O) groups excluding carboxylic acids is 1. The zero-order valence-electron chi connectivity index (χ0n) is 14.4. The maximum absolute atomic E-state index is 12.9. The molecule has 0 saturated heterocycles. The third kappa shape index (κ3) is 2.76. The SMILES string of the molecule is COc1ccc(NC(=O)c2ccc(OC)c3sc4ccccc4c23)cc1. The molecule has 0 unspecified atom stereocenters. The van der Waals surface area contributed by atoms with E-state index in [4.69, 9.17) is 9.47 Å². The number of thiophene rings is 1. The minimum atomic E-state index is -0.147. The summed E-state index contributed by atoms with van der Waals surface area (Å²) in [5, 5.41) is 4.95. The number of anilines is 1. The summed E-state index contributed by atoms with van der Waals surface area (Å²) in [6.07, 6.45) is 0. The number of carbonyl (C=O) groups is 1. The molecule has 4 rings (SSSR count). The van der Waals surface area contributed by atoms with Crippen LogP contribution < -0.4 is 14.8 Å². The van der Waals surface area contributed by atoms with Gasteiger partial charge in [-0.05, 0) is 42.5 Å². The van der Waals surface area contributed by atoms with E-state index >= 15 is 0 Å². The number of nitrogens with one attached hydrogen (secondary N) is 1. The Morgan fingerprint density at radius 1 is 0.923 bits per heavy atom. The van der Waals surface area contributed by atoms with Crippen LogP contribution in [0.25, 0.3) is 20.2 Å². The second kappa shape index (κ2) is 6.69. The molecule has 0 radical (unpaired) electrons. The minimum Gasteiger partial charge on any atom is -0.497 e. The predicted molar refractivity (Wildman–Crippen MR) is 107 cm³/mol. The number of hydrogen-bond acceptors (Lipinski definition) is 4. The van der Waals surface area contributed by atoms with Crippen LogP contribution in [0.2, 0.25) is 0 Å². The molecule has 0 atom stereocenters. The van der Waals surface area contributed by atoms with E-state index in [2.05, 4.69) is 11.4 Å². The van der Waals surface area contributed by atoms with Crippen LogP contribution in [-0.4, -0.2) is 20.1 Å². The Kier molecular flexibility index (Phi) is 4.22. The van der Waals surface area contributed by atoms with E-state index in [1.54, 1.807) is 25.6 Å². The van der Waals surface area contributed by atoms with Crippen molar-refractivity contribution < 1.29 is 14.3 Å². The van der Waals surface area contributed by atoms with E-state index in [1.165, 1.54) is 0 Å². The molecule has 1 amide bonds. The van der Waals surface area contributed by atoms with Crippen LogP contribution >= 0.6 is 11.3 Å². The smallest absolute Gasteiger partial charge is 0.256 e. The van der Waals surface area contributed by atoms with Crippen LogP contribution in [0.15, 0.2) is 60.7 Å². The molecule has 4 nitrogen and oxygen atoms in total. The van der Waals surface area contributed by atoms with Crippen molar-refractivity contribution in [2.24, 2.45) is 0 Å². The Labute approximate surface area is 155 Å². The Morgan fingerprint density at radius 2 is 1.69 bits per heavy atom. The second-order valence-electron chi connectivity index (χ2n) is 5.80. The van der Waals surface area contributed by atoms with Crippen molar-refractivity contribution in [3.63, 3.8) is 0 Å². The third-order valence-electron chi connectivity index (χ3n) is 4.30. The standard InChI is InChI=1S/C21H17NO3S/c1-24-14-9-7-13(8-10-14)22-21(23)16-11-12-17(25-2)20-19(16)15-5-3-4-6-18(15)26-20/h3-12H,1-2H3,(H,22,23). The first kappa shape index (κ1) is 16.4. The van der Waals surface area contributed by atoms with Crippen molar-refractivity contribution in [1.82, 2.24) is 0 Å². The van der Waals surface area contributed by atoms with Crippen LogP contribution in [0.1, 0.15) is 10.4 Å². The van der Waals surface area contributed by atoms with Gasteiger partial charge in [-0.3, -0.25) is 4.79 Å². The van der Waals surface area contributed by atoms with Gasteiger partial charge in [0.2, 0.25) is 0 Å². The van der Waals surface area contributed by atoms with Gasteiger partial charge in [0.25, 0.3) is 5.91 Å². The van der Waals surface area contributed by atoms with Gasteiger partial charge in [0.1, 0.15) is 11.5 Å². The van der Waals surface area contributed by atoms with Gasteiger partial charge in [0.15, 0.2) is 0 Å². The van der Waals surface area contributed by atoms with Gasteiger partial charge < -0.3 is 14.8 Å². The summed E-state index contributed by atoms with van der Waals surface area (Å²) in [5.74, 6) is 1.38. The first-order valence-electron chi connectivity index (χ1n) is 8.15. The van der Waals surface area contributed by atoms with Crippen molar-refractivity contribution in [3.8, 4) is 11.5 Å². The highest BCUT2D eigenvalue weighted by Crippen LogP contribution is 2.41. The van der Waals surface area contributed by atoms with Gasteiger partial charge in [-0.1, -0.05) is 18.2 Å². The van der Waals surface area contributed by atoms with E-state index in [0.29, 0.717) is 5.56 Å². The highest BCUT2D eigenvalue weighted by Gasteiger charge is 2.18. The van der Waals surface area contributed by atoms with E-state index in [0.717, 1.165) is 37.4 Å². The molecule has 0 fully saturated rings. The van der Waals surface area contributed by atoms with Crippen LogP contribution in [-0.2, 0) is 0 Å². The fraction of sp³-hybridized carbons (Fsp3) is 0.0952. The normalized spacial score (nSPS) is 10.8. The van der Waals surface area contributed by atoms with Crippen molar-refractivity contribution in [1.29, 1.82) is 0 Å². The van der Waals surface area contributed by atoms with Gasteiger partial charge >= 0.3 is 0 Å². The van der Waals surface area contributed by atoms with Crippen LogP contribution in [0, 0.1) is 0 Å². The van der Waals surface area contributed by atoms with E-state index < -0.39 is 0 Å². The minimum absolute atomic E-state index is 0.147. The number of amides is 1. The number of rotatable bonds is 4. The zero-order valence-corrected chi connectivity index (χ0v) is 15.2. The molecule has 1 aromatic heterocycles. The molecule has 3 aromatic carbocycles. The number of methoxy groups -OCH3 is 2. The molecule has 1 heterocycles. The lowest BCUT2D eigenvalue weighted by Crippen LogP contribution is -2.12. The first-order valence-corrected chi connectivity index (χ1v) is 8.96. The van der Waals surface area contributed by atoms with Crippen LogP contribution in [0.5, 0.6) is 11.5 Å². The Balaban J connectivity index is 1.81. The fourth-order valence-electron chi connectivity index (χ4n) is 3.03. The third-order valence-corrected chi connectivity index (χ3v) is 5.49. The average molecular weight is 363 g/mol. The summed E-state index contributed by atoms with van der Waals surface area (Å²) in [6.45, 7) is 0. The van der Waals surface area contributed by atoms with Crippen LogP contribution in [0.4, 0.5) is 5.69 Å². The molecule has 0 aliphatic carbocycles. The maximum Gasteiger partial charge on any atom is 0.256 e. The largest absolute Gasteiger partial charge is 0.497 e. The lowest BCUT2D eigenvalue weighted by molar-refractivity contribution is 0.102. The molecule has 0 aliphatic rings. The van der Waals surface area contributed by atoms with Crippen LogP contribution in [0.3, 0.4) is 0 Å². The van der Waals surface area contributed by atoms with Gasteiger partial charge in [-0.15, -0.1) is 11.3 Å². The van der Waals surface area contributed by atoms with Gasteiger partial charge in [-0.25, -0.2) is 0 Å². The Morgan fingerprint density at radius 3 is 2.42 bits per heavy atom. The molecule has 0 aliphatic heterocycles. The summed E-state index contributed by atoms with van der Waals surface area (Å²) in [7, 11) is 3.26. The summed E-state index contributed by atoms with van der Waals surface area (Å²) < 4.78 is 12.8. The maximum atomic E-state index is 12.9. The van der Waals surface area contributed by atoms with Gasteiger partial charge in [0.05, 0.1) is 18.9 Å². The number of hydrogen-bond donors (Lipinski definition) is 1. The average Bonchev–Trinajstić information content (AvgIpc) is 3.07. The van der Waals surface area contributed by atoms with E-state index in [1.807, 2.05) is 54.6 Å². The lowest BCUT2D eigenvalue weighted by Gasteiger charge is -2.09. The lowest BCUT2D eigenvalue weighted by atomic mass is 10.0. The van der Waals surface area contributed by atoms with E-state index in [9.17, 15) is 4.79 Å². The molecule has 130 valence electrons. The quantitative estimate of drug-likeness (QED) is 0.533. The molecule has 0 saturated carbocycles. The highest BCUT2D eigenvalue weighted by atomic mass is 32.1. The summed E-state index contributed by atoms with van der Waals surface area (Å²) in [4.78, 5) is 12.9. The molecule has 1 N–H and O–H groups in total. The molecule has 26 heavy (non-hydrogen) atoms. The summed E-state index contributed by atoms with van der Waals surface area (Å²) in [6, 6.07) is 19.0. The molecular formula is C21H17NO3S. The molecule has 0 bridgehead atoms. The summed E-state index contributed by atoms with van der Waals surface area (Å²) in [5.41, 5.74) is 1.35. The monoisotopic (exact) mass is 363 g/mol. The molecule has 5 heteroatoms. The molecule has 4 aromatic rings. The van der Waals surface area contributed by atoms with Crippen molar-refractivity contribution in [2.45, 2.75) is 0 Å². The fourth-order valence-corrected chi connectivity index (χ4v) is 4.25. The van der Waals surface area contributed by atoms with Crippen molar-refractivity contribution in [2.75, 3.05) is 19.5 Å². The number of ether oxygens (including phenoxy) is 2. The van der Waals surface area contributed by atoms with Crippen molar-refractivity contribution in [3.05, 3.63) is 66.2 Å². The number of benzene rings is 3. The topological polar surface area (TPSA) is 47.6 Å². The first-order chi connectivity index (χ1) is 12.7. The molecule has 0 spiro atoms. The number of fused-ring (bicyclic) bond motifs is 3. The van der Waals surface area contributed by atoms with E-state index in [-0.39, 0.29) is 5.91 Å².